The van der Waals surface area contributed by atoms with Gasteiger partial charge in [-0.3, -0.25) is 29.6 Å². The van der Waals surface area contributed by atoms with Gasteiger partial charge in [-0.25, -0.2) is 10.1 Å². The van der Waals surface area contributed by atoms with E-state index in [1.54, 1.807) is 19.1 Å². The number of rotatable bonds is 6. The normalized spacial score (nSPS) is 15.4. The standard InChI is InChI=1S/C15H20N4O4/c1-2-12(10-17(23)11-20)14(21)18-8-3-9-19(18)15(22)13-4-6-16-7-5-13/h4-7,11-12,23H,2-3,8-10H2,1H3. The molecule has 1 fully saturated rings. The van der Waals surface area contributed by atoms with Crippen molar-refractivity contribution in [1.82, 2.24) is 20.1 Å². The topological polar surface area (TPSA) is 94.0 Å². The largest absolute Gasteiger partial charge is 0.286 e. The molecule has 1 unspecified atom stereocenters. The Morgan fingerprint density at radius 3 is 2.61 bits per heavy atom. The fourth-order valence-corrected chi connectivity index (χ4v) is 2.56. The van der Waals surface area contributed by atoms with E-state index in [-0.39, 0.29) is 24.8 Å². The second kappa shape index (κ2) is 7.68. The van der Waals surface area contributed by atoms with Crippen LogP contribution in [0.4, 0.5) is 0 Å². The smallest absolute Gasteiger partial charge is 0.272 e. The van der Waals surface area contributed by atoms with Gasteiger partial charge in [0.05, 0.1) is 12.5 Å². The summed E-state index contributed by atoms with van der Waals surface area (Å²) in [5.41, 5.74) is 0.462. The van der Waals surface area contributed by atoms with E-state index < -0.39 is 5.92 Å². The molecule has 0 radical (unpaired) electrons. The van der Waals surface area contributed by atoms with E-state index in [1.165, 1.54) is 22.4 Å². The SMILES string of the molecule is CCC(CN(O)C=O)C(=O)N1CCCN1C(=O)c1ccncc1. The lowest BCUT2D eigenvalue weighted by molar-refractivity contribution is -0.160. The number of carbonyl (C=O) groups excluding carboxylic acids is 3. The molecule has 23 heavy (non-hydrogen) atoms. The molecule has 2 rings (SSSR count). The van der Waals surface area contributed by atoms with Crippen LogP contribution in [0.5, 0.6) is 0 Å². The predicted octanol–water partition coefficient (Wildman–Crippen LogP) is 0.545. The summed E-state index contributed by atoms with van der Waals surface area (Å²) in [4.78, 5) is 39.6. The quantitative estimate of drug-likeness (QED) is 0.469. The molecule has 124 valence electrons. The van der Waals surface area contributed by atoms with Crippen LogP contribution in [0, 0.1) is 5.92 Å². The van der Waals surface area contributed by atoms with Gasteiger partial charge in [0.25, 0.3) is 5.91 Å². The van der Waals surface area contributed by atoms with Crippen LogP contribution in [0.15, 0.2) is 24.5 Å². The first-order chi connectivity index (χ1) is 11.1. The summed E-state index contributed by atoms with van der Waals surface area (Å²) < 4.78 is 0. The summed E-state index contributed by atoms with van der Waals surface area (Å²) in [7, 11) is 0. The van der Waals surface area contributed by atoms with Gasteiger partial charge in [-0.2, -0.15) is 0 Å². The minimum atomic E-state index is -0.559. The molecule has 1 aliphatic heterocycles. The van der Waals surface area contributed by atoms with E-state index in [0.717, 1.165) is 0 Å². The van der Waals surface area contributed by atoms with Crippen molar-refractivity contribution in [2.45, 2.75) is 19.8 Å². The maximum atomic E-state index is 12.6. The van der Waals surface area contributed by atoms with Crippen molar-refractivity contribution in [3.05, 3.63) is 30.1 Å². The highest BCUT2D eigenvalue weighted by atomic mass is 16.5. The average Bonchev–Trinajstić information content (AvgIpc) is 3.08. The number of carbonyl (C=O) groups is 3. The summed E-state index contributed by atoms with van der Waals surface area (Å²) in [6, 6.07) is 3.20. The Morgan fingerprint density at radius 1 is 1.35 bits per heavy atom. The minimum Gasteiger partial charge on any atom is -0.286 e. The Morgan fingerprint density at radius 2 is 2.00 bits per heavy atom. The number of hydroxylamine groups is 2. The molecule has 1 saturated heterocycles. The Bertz CT molecular complexity index is 566. The molecule has 0 saturated carbocycles. The third kappa shape index (κ3) is 3.84. The van der Waals surface area contributed by atoms with Crippen LogP contribution >= 0.6 is 0 Å². The number of hydrazine groups is 1. The lowest BCUT2D eigenvalue weighted by atomic mass is 10.1. The Labute approximate surface area is 134 Å². The lowest BCUT2D eigenvalue weighted by Crippen LogP contribution is -2.48. The first-order valence-corrected chi connectivity index (χ1v) is 7.52. The van der Waals surface area contributed by atoms with Gasteiger partial charge in [-0.15, -0.1) is 0 Å². The van der Waals surface area contributed by atoms with Crippen LogP contribution < -0.4 is 0 Å². The van der Waals surface area contributed by atoms with E-state index in [0.29, 0.717) is 36.6 Å². The van der Waals surface area contributed by atoms with E-state index >= 15 is 0 Å². The first kappa shape index (κ1) is 16.9. The van der Waals surface area contributed by atoms with Crippen molar-refractivity contribution in [2.24, 2.45) is 5.92 Å². The van der Waals surface area contributed by atoms with Crippen molar-refractivity contribution in [3.8, 4) is 0 Å². The van der Waals surface area contributed by atoms with Crippen LogP contribution in [-0.2, 0) is 9.59 Å². The molecule has 1 aliphatic rings. The van der Waals surface area contributed by atoms with Gasteiger partial charge < -0.3 is 0 Å². The van der Waals surface area contributed by atoms with E-state index in [2.05, 4.69) is 4.98 Å². The van der Waals surface area contributed by atoms with Crippen molar-refractivity contribution in [3.63, 3.8) is 0 Å². The van der Waals surface area contributed by atoms with E-state index in [4.69, 9.17) is 0 Å². The van der Waals surface area contributed by atoms with Gasteiger partial charge in [0.1, 0.15) is 0 Å². The molecule has 8 nitrogen and oxygen atoms in total. The molecule has 0 spiro atoms. The van der Waals surface area contributed by atoms with Crippen LogP contribution in [0.1, 0.15) is 30.1 Å². The summed E-state index contributed by atoms with van der Waals surface area (Å²) in [5.74, 6) is -1.09. The summed E-state index contributed by atoms with van der Waals surface area (Å²) in [6.07, 6.45) is 4.46. The third-order valence-corrected chi connectivity index (χ3v) is 3.82. The van der Waals surface area contributed by atoms with Gasteiger partial charge in [0.2, 0.25) is 12.3 Å². The molecule has 0 aromatic carbocycles. The zero-order valence-corrected chi connectivity index (χ0v) is 13.0. The average molecular weight is 320 g/mol. The highest BCUT2D eigenvalue weighted by Crippen LogP contribution is 2.19. The van der Waals surface area contributed by atoms with Gasteiger partial charge in [-0.05, 0) is 25.0 Å². The fourth-order valence-electron chi connectivity index (χ4n) is 2.56. The van der Waals surface area contributed by atoms with E-state index in [9.17, 15) is 19.6 Å². The molecule has 0 bridgehead atoms. The molecule has 8 heteroatoms. The predicted molar refractivity (Wildman–Crippen MR) is 79.9 cm³/mol. The Kier molecular flexibility index (Phi) is 5.64. The number of aromatic nitrogens is 1. The Hall–Kier alpha value is -2.48. The molecule has 1 aromatic heterocycles. The minimum absolute atomic E-state index is 0.0907. The first-order valence-electron chi connectivity index (χ1n) is 7.52. The lowest BCUT2D eigenvalue weighted by Gasteiger charge is -2.31. The van der Waals surface area contributed by atoms with Crippen LogP contribution in [0.3, 0.4) is 0 Å². The molecule has 3 amide bonds. The molecule has 1 N–H and O–H groups in total. The number of amides is 3. The molecule has 1 atom stereocenters. The van der Waals surface area contributed by atoms with E-state index in [1.807, 2.05) is 0 Å². The third-order valence-electron chi connectivity index (χ3n) is 3.82. The second-order valence-corrected chi connectivity index (χ2v) is 5.31. The molecule has 2 heterocycles. The van der Waals surface area contributed by atoms with Crippen molar-refractivity contribution < 1.29 is 19.6 Å². The van der Waals surface area contributed by atoms with Crippen molar-refractivity contribution in [1.29, 1.82) is 0 Å². The summed E-state index contributed by atoms with van der Waals surface area (Å²) in [6.45, 7) is 2.61. The maximum Gasteiger partial charge on any atom is 0.272 e. The number of hydrogen-bond donors (Lipinski definition) is 1. The number of pyridine rings is 1. The zero-order chi connectivity index (χ0) is 16.8. The highest BCUT2D eigenvalue weighted by Gasteiger charge is 2.34. The van der Waals surface area contributed by atoms with Gasteiger partial charge in [-0.1, -0.05) is 6.92 Å². The Balaban J connectivity index is 2.12. The van der Waals surface area contributed by atoms with Gasteiger partial charge in [0, 0.05) is 31.0 Å². The molecule has 0 aliphatic carbocycles. The van der Waals surface area contributed by atoms with Gasteiger partial charge >= 0.3 is 0 Å². The molecular formula is C15H20N4O4. The summed E-state index contributed by atoms with van der Waals surface area (Å²) in [5, 5.41) is 12.6. The van der Waals surface area contributed by atoms with Crippen molar-refractivity contribution in [2.75, 3.05) is 19.6 Å². The number of hydrogen-bond acceptors (Lipinski definition) is 5. The molecular weight excluding hydrogens is 300 g/mol. The van der Waals surface area contributed by atoms with Crippen LogP contribution in [0.25, 0.3) is 0 Å². The van der Waals surface area contributed by atoms with Crippen LogP contribution in [-0.4, -0.2) is 63.1 Å². The summed E-state index contributed by atoms with van der Waals surface area (Å²) >= 11 is 0. The molecule has 1 aromatic rings. The van der Waals surface area contributed by atoms with Crippen molar-refractivity contribution >= 4 is 18.2 Å². The maximum absolute atomic E-state index is 12.6. The monoisotopic (exact) mass is 320 g/mol. The highest BCUT2D eigenvalue weighted by molar-refractivity contribution is 5.95. The zero-order valence-electron chi connectivity index (χ0n) is 13.0. The van der Waals surface area contributed by atoms with Crippen LogP contribution in [0.2, 0.25) is 0 Å². The second-order valence-electron chi connectivity index (χ2n) is 5.31. The number of nitrogens with zero attached hydrogens (tertiary/aromatic N) is 4. The fraction of sp³-hybridized carbons (Fsp3) is 0.467. The van der Waals surface area contributed by atoms with Gasteiger partial charge in [0.15, 0.2) is 0 Å².